The maximum absolute atomic E-state index is 12.3. The van der Waals surface area contributed by atoms with Crippen LogP contribution in [-0.4, -0.2) is 54.9 Å². The monoisotopic (exact) mass is 491 g/mol. The van der Waals surface area contributed by atoms with Crippen LogP contribution in [0.25, 0.3) is 6.08 Å². The second-order valence-corrected chi connectivity index (χ2v) is 7.51. The normalized spacial score (nSPS) is 15.1. The van der Waals surface area contributed by atoms with Crippen molar-refractivity contribution in [3.63, 3.8) is 0 Å². The topological polar surface area (TPSA) is 99.2 Å². The van der Waals surface area contributed by atoms with Crippen molar-refractivity contribution in [1.29, 1.82) is 0 Å². The van der Waals surface area contributed by atoms with Crippen LogP contribution >= 0.6 is 39.3 Å². The molecule has 150 valence electrons. The first-order valence-corrected chi connectivity index (χ1v) is 9.85. The van der Waals surface area contributed by atoms with E-state index in [0.29, 0.717) is 21.8 Å². The molecule has 1 heterocycles. The summed E-state index contributed by atoms with van der Waals surface area (Å²) < 4.78 is 15.1. The highest BCUT2D eigenvalue weighted by Crippen LogP contribution is 2.37. The highest BCUT2D eigenvalue weighted by atomic mass is 79.9. The highest BCUT2D eigenvalue weighted by molar-refractivity contribution is 9.10. The SMILES string of the molecule is CCOC(=O)COc1c(Cl)cc(/C=C2/SC(=O)N(CC(=O)OC)C2=O)cc1Br. The lowest BCUT2D eigenvalue weighted by Gasteiger charge is -2.11. The Bertz CT molecular complexity index is 835. The van der Waals surface area contributed by atoms with Crippen LogP contribution < -0.4 is 4.74 Å². The first-order chi connectivity index (χ1) is 13.3. The molecule has 28 heavy (non-hydrogen) atoms. The van der Waals surface area contributed by atoms with Gasteiger partial charge in [-0.25, -0.2) is 4.79 Å². The summed E-state index contributed by atoms with van der Waals surface area (Å²) in [7, 11) is 1.17. The molecule has 1 saturated heterocycles. The Labute approximate surface area is 178 Å². The Morgan fingerprint density at radius 3 is 2.61 bits per heavy atom. The predicted octanol–water partition coefficient (Wildman–Crippen LogP) is 3.25. The number of nitrogens with zero attached hydrogens (tertiary/aromatic N) is 1. The molecule has 1 fully saturated rings. The molecular weight excluding hydrogens is 478 g/mol. The van der Waals surface area contributed by atoms with Crippen LogP contribution in [0, 0.1) is 0 Å². The lowest BCUT2D eigenvalue weighted by atomic mass is 10.2. The van der Waals surface area contributed by atoms with E-state index in [9.17, 15) is 19.2 Å². The summed E-state index contributed by atoms with van der Waals surface area (Å²) in [5.74, 6) is -1.59. The molecule has 1 aliphatic rings. The van der Waals surface area contributed by atoms with Crippen molar-refractivity contribution in [3.8, 4) is 5.75 Å². The minimum Gasteiger partial charge on any atom is -0.479 e. The number of methoxy groups -OCH3 is 1. The van der Waals surface area contributed by atoms with Crippen LogP contribution in [0.1, 0.15) is 12.5 Å². The maximum Gasteiger partial charge on any atom is 0.344 e. The van der Waals surface area contributed by atoms with Crippen molar-refractivity contribution in [3.05, 3.63) is 32.1 Å². The van der Waals surface area contributed by atoms with E-state index in [1.54, 1.807) is 13.0 Å². The number of benzene rings is 1. The van der Waals surface area contributed by atoms with Gasteiger partial charge in [0.15, 0.2) is 12.4 Å². The second-order valence-electron chi connectivity index (χ2n) is 5.25. The van der Waals surface area contributed by atoms with Crippen LogP contribution in [-0.2, 0) is 23.9 Å². The van der Waals surface area contributed by atoms with E-state index < -0.39 is 29.6 Å². The molecular formula is C17H15BrClNO7S. The quantitative estimate of drug-likeness (QED) is 0.422. The first kappa shape index (κ1) is 22.3. The zero-order valence-corrected chi connectivity index (χ0v) is 18.0. The summed E-state index contributed by atoms with van der Waals surface area (Å²) in [6.07, 6.45) is 1.47. The van der Waals surface area contributed by atoms with E-state index in [2.05, 4.69) is 20.7 Å². The largest absolute Gasteiger partial charge is 0.479 e. The van der Waals surface area contributed by atoms with Crippen molar-refractivity contribution in [2.75, 3.05) is 26.9 Å². The molecule has 0 spiro atoms. The van der Waals surface area contributed by atoms with Crippen molar-refractivity contribution >= 4 is 68.5 Å². The molecule has 1 aliphatic heterocycles. The van der Waals surface area contributed by atoms with Crippen molar-refractivity contribution in [2.24, 2.45) is 0 Å². The van der Waals surface area contributed by atoms with Gasteiger partial charge in [-0.3, -0.25) is 19.3 Å². The molecule has 0 N–H and O–H groups in total. The van der Waals surface area contributed by atoms with Gasteiger partial charge in [0.2, 0.25) is 0 Å². The number of imide groups is 1. The molecule has 0 atom stereocenters. The number of amides is 2. The molecule has 0 aromatic heterocycles. The van der Waals surface area contributed by atoms with Gasteiger partial charge >= 0.3 is 11.9 Å². The van der Waals surface area contributed by atoms with Crippen LogP contribution in [0.3, 0.4) is 0 Å². The smallest absolute Gasteiger partial charge is 0.344 e. The van der Waals surface area contributed by atoms with Gasteiger partial charge in [0.25, 0.3) is 11.1 Å². The number of ether oxygens (including phenoxy) is 3. The number of rotatable bonds is 7. The van der Waals surface area contributed by atoms with Crippen molar-refractivity contribution in [1.82, 2.24) is 4.90 Å². The zero-order chi connectivity index (χ0) is 20.8. The fourth-order valence-electron chi connectivity index (χ4n) is 2.12. The molecule has 0 aliphatic carbocycles. The lowest BCUT2D eigenvalue weighted by molar-refractivity contribution is -0.145. The average Bonchev–Trinajstić information content (AvgIpc) is 2.88. The predicted molar refractivity (Wildman–Crippen MR) is 106 cm³/mol. The molecule has 2 rings (SSSR count). The standard InChI is InChI=1S/C17H15BrClNO7S/c1-3-26-14(22)8-27-15-10(18)4-9(5-11(15)19)6-12-16(23)20(17(24)28-12)7-13(21)25-2/h4-6H,3,7-8H2,1-2H3/b12-6+. The number of hydrogen-bond donors (Lipinski definition) is 0. The summed E-state index contributed by atoms with van der Waals surface area (Å²) in [6.45, 7) is 1.16. The van der Waals surface area contributed by atoms with Gasteiger partial charge < -0.3 is 14.2 Å². The van der Waals surface area contributed by atoms with E-state index in [1.807, 2.05) is 0 Å². The summed E-state index contributed by atoms with van der Waals surface area (Å²) in [6, 6.07) is 3.13. The molecule has 0 radical (unpaired) electrons. The third-order valence-corrected chi connectivity index (χ3v) is 5.12. The Morgan fingerprint density at radius 1 is 1.29 bits per heavy atom. The van der Waals surface area contributed by atoms with E-state index in [0.717, 1.165) is 4.90 Å². The average molecular weight is 493 g/mol. The number of carbonyl (C=O) groups excluding carboxylic acids is 4. The van der Waals surface area contributed by atoms with E-state index in [-0.39, 0.29) is 28.9 Å². The van der Waals surface area contributed by atoms with Gasteiger partial charge in [0, 0.05) is 0 Å². The Hall–Kier alpha value is -2.04. The summed E-state index contributed by atoms with van der Waals surface area (Å²) in [5.41, 5.74) is 0.518. The molecule has 0 unspecified atom stereocenters. The second kappa shape index (κ2) is 9.94. The minimum atomic E-state index is -0.697. The van der Waals surface area contributed by atoms with Crippen LogP contribution in [0.15, 0.2) is 21.5 Å². The van der Waals surface area contributed by atoms with Crippen LogP contribution in [0.5, 0.6) is 5.75 Å². The van der Waals surface area contributed by atoms with Crippen molar-refractivity contribution < 1.29 is 33.4 Å². The molecule has 0 saturated carbocycles. The molecule has 0 bridgehead atoms. The Balaban J connectivity index is 2.18. The fraction of sp³-hybridized carbons (Fsp3) is 0.294. The first-order valence-electron chi connectivity index (χ1n) is 7.86. The summed E-state index contributed by atoms with van der Waals surface area (Å²) in [4.78, 5) is 48.0. The van der Waals surface area contributed by atoms with Crippen molar-refractivity contribution in [2.45, 2.75) is 6.92 Å². The summed E-state index contributed by atoms with van der Waals surface area (Å²) >= 11 is 10.2. The van der Waals surface area contributed by atoms with Gasteiger partial charge in [-0.1, -0.05) is 11.6 Å². The molecule has 11 heteroatoms. The van der Waals surface area contributed by atoms with E-state index >= 15 is 0 Å². The van der Waals surface area contributed by atoms with E-state index in [1.165, 1.54) is 19.3 Å². The zero-order valence-electron chi connectivity index (χ0n) is 14.8. The molecule has 1 aromatic carbocycles. The maximum atomic E-state index is 12.3. The van der Waals surface area contributed by atoms with Crippen LogP contribution in [0.2, 0.25) is 5.02 Å². The Morgan fingerprint density at radius 2 is 2.00 bits per heavy atom. The summed E-state index contributed by atoms with van der Waals surface area (Å²) in [5, 5.41) is -0.375. The molecule has 2 amide bonds. The van der Waals surface area contributed by atoms with Crippen LogP contribution in [0.4, 0.5) is 4.79 Å². The van der Waals surface area contributed by atoms with Gasteiger partial charge in [0.05, 0.1) is 28.1 Å². The van der Waals surface area contributed by atoms with Gasteiger partial charge in [-0.2, -0.15) is 0 Å². The third-order valence-electron chi connectivity index (χ3n) is 3.35. The Kier molecular flexibility index (Phi) is 7.90. The lowest BCUT2D eigenvalue weighted by Crippen LogP contribution is -2.34. The number of carbonyl (C=O) groups is 4. The molecule has 1 aromatic rings. The van der Waals surface area contributed by atoms with Gasteiger partial charge in [0.1, 0.15) is 6.54 Å². The fourth-order valence-corrected chi connectivity index (χ4v) is 3.94. The highest BCUT2D eigenvalue weighted by Gasteiger charge is 2.36. The third kappa shape index (κ3) is 5.49. The molecule has 8 nitrogen and oxygen atoms in total. The minimum absolute atomic E-state index is 0.136. The number of hydrogen-bond acceptors (Lipinski definition) is 8. The number of halogens is 2. The van der Waals surface area contributed by atoms with Gasteiger partial charge in [-0.05, 0) is 58.4 Å². The number of esters is 2. The van der Waals surface area contributed by atoms with E-state index in [4.69, 9.17) is 21.1 Å². The number of thioether (sulfide) groups is 1. The van der Waals surface area contributed by atoms with Gasteiger partial charge in [-0.15, -0.1) is 0 Å².